The summed E-state index contributed by atoms with van der Waals surface area (Å²) in [4.78, 5) is 35.9. The molecule has 0 aromatic heterocycles. The number of amides is 2. The van der Waals surface area contributed by atoms with E-state index in [-0.39, 0.29) is 36.7 Å². The SMILES string of the molecule is CC#CCC(NC(=O)[C@@H]1C[C@@H]1CNC(=O)OCC1c2ccccc2-c2ccccc21)C(=O)O. The number of benzene rings is 2. The Morgan fingerprint density at radius 3 is 2.33 bits per heavy atom. The molecule has 1 fully saturated rings. The molecule has 0 saturated heterocycles. The van der Waals surface area contributed by atoms with Crippen LogP contribution in [0.3, 0.4) is 0 Å². The Balaban J connectivity index is 1.25. The highest BCUT2D eigenvalue weighted by molar-refractivity contribution is 5.87. The lowest BCUT2D eigenvalue weighted by atomic mass is 9.98. The lowest BCUT2D eigenvalue weighted by Crippen LogP contribution is -2.41. The molecule has 7 nitrogen and oxygen atoms in total. The second kappa shape index (κ2) is 9.78. The molecule has 1 unspecified atom stereocenters. The molecule has 4 rings (SSSR count). The van der Waals surface area contributed by atoms with Gasteiger partial charge in [0.05, 0.1) is 0 Å². The summed E-state index contributed by atoms with van der Waals surface area (Å²) in [6, 6.07) is 15.2. The average Bonchev–Trinajstić information content (AvgIpc) is 3.54. The fourth-order valence-electron chi connectivity index (χ4n) is 4.34. The normalized spacial score (nSPS) is 18.7. The van der Waals surface area contributed by atoms with Crippen LogP contribution in [0, 0.1) is 23.7 Å². The molecular formula is C26H26N2O5. The van der Waals surface area contributed by atoms with E-state index in [2.05, 4.69) is 46.7 Å². The molecule has 0 heterocycles. The third-order valence-electron chi connectivity index (χ3n) is 6.21. The summed E-state index contributed by atoms with van der Waals surface area (Å²) in [7, 11) is 0. The number of ether oxygens (including phenoxy) is 1. The van der Waals surface area contributed by atoms with Crippen molar-refractivity contribution in [3.63, 3.8) is 0 Å². The van der Waals surface area contributed by atoms with Crippen LogP contribution in [0.1, 0.15) is 36.8 Å². The Bertz CT molecular complexity index is 1090. The Hall–Kier alpha value is -3.79. The minimum Gasteiger partial charge on any atom is -0.480 e. The minimum absolute atomic E-state index is 0.0122. The topological polar surface area (TPSA) is 105 Å². The van der Waals surface area contributed by atoms with Gasteiger partial charge >= 0.3 is 12.1 Å². The van der Waals surface area contributed by atoms with Gasteiger partial charge in [-0.1, -0.05) is 48.5 Å². The summed E-state index contributed by atoms with van der Waals surface area (Å²) < 4.78 is 5.51. The van der Waals surface area contributed by atoms with E-state index in [1.807, 2.05) is 24.3 Å². The number of fused-ring (bicyclic) bond motifs is 3. The first-order chi connectivity index (χ1) is 16.0. The van der Waals surface area contributed by atoms with Gasteiger partial charge in [0, 0.05) is 24.8 Å². The lowest BCUT2D eigenvalue weighted by Gasteiger charge is -2.14. The fraction of sp³-hybridized carbons (Fsp3) is 0.346. The highest BCUT2D eigenvalue weighted by Gasteiger charge is 2.44. The van der Waals surface area contributed by atoms with Gasteiger partial charge < -0.3 is 20.5 Å². The molecule has 3 N–H and O–H groups in total. The molecule has 0 radical (unpaired) electrons. The van der Waals surface area contributed by atoms with E-state index in [0.717, 1.165) is 11.1 Å². The minimum atomic E-state index is -1.11. The molecule has 2 amide bonds. The molecule has 0 aliphatic heterocycles. The number of nitrogens with one attached hydrogen (secondary N) is 2. The number of alkyl carbamates (subject to hydrolysis) is 1. The first-order valence-corrected chi connectivity index (χ1v) is 11.0. The van der Waals surface area contributed by atoms with Gasteiger partial charge in [0.25, 0.3) is 0 Å². The monoisotopic (exact) mass is 446 g/mol. The standard InChI is InChI=1S/C26H26N2O5/c1-2-3-12-23(25(30)31)28-24(29)21-13-16(21)14-27-26(32)33-15-22-19-10-6-4-8-17(19)18-9-5-7-11-20(18)22/h4-11,16,21-23H,12-15H2,1H3,(H,27,32)(H,28,29)(H,30,31)/t16-,21-,23?/m1/s1. The predicted molar refractivity (Wildman–Crippen MR) is 122 cm³/mol. The number of aliphatic carboxylic acids is 1. The van der Waals surface area contributed by atoms with Gasteiger partial charge in [-0.15, -0.1) is 11.8 Å². The first kappa shape index (κ1) is 22.4. The predicted octanol–water partition coefficient (Wildman–Crippen LogP) is 3.14. The van der Waals surface area contributed by atoms with E-state index in [1.54, 1.807) is 6.92 Å². The molecule has 2 aromatic carbocycles. The molecular weight excluding hydrogens is 420 g/mol. The fourth-order valence-corrected chi connectivity index (χ4v) is 4.34. The van der Waals surface area contributed by atoms with Crippen molar-refractivity contribution in [3.05, 3.63) is 59.7 Å². The largest absolute Gasteiger partial charge is 0.480 e. The number of hydrogen-bond acceptors (Lipinski definition) is 4. The Morgan fingerprint density at radius 2 is 1.73 bits per heavy atom. The van der Waals surface area contributed by atoms with Gasteiger partial charge in [0.1, 0.15) is 12.6 Å². The smallest absolute Gasteiger partial charge is 0.407 e. The van der Waals surface area contributed by atoms with Gasteiger partial charge in [-0.3, -0.25) is 4.79 Å². The molecule has 1 saturated carbocycles. The van der Waals surface area contributed by atoms with E-state index >= 15 is 0 Å². The first-order valence-electron chi connectivity index (χ1n) is 11.0. The van der Waals surface area contributed by atoms with Crippen molar-refractivity contribution in [2.24, 2.45) is 11.8 Å². The van der Waals surface area contributed by atoms with E-state index < -0.39 is 18.1 Å². The van der Waals surface area contributed by atoms with E-state index in [1.165, 1.54) is 11.1 Å². The van der Waals surface area contributed by atoms with Crippen LogP contribution >= 0.6 is 0 Å². The van der Waals surface area contributed by atoms with Crippen molar-refractivity contribution in [2.45, 2.75) is 31.7 Å². The molecule has 2 aliphatic carbocycles. The highest BCUT2D eigenvalue weighted by atomic mass is 16.5. The van der Waals surface area contributed by atoms with Gasteiger partial charge in [-0.2, -0.15) is 0 Å². The van der Waals surface area contributed by atoms with Crippen LogP contribution in [-0.4, -0.2) is 42.3 Å². The van der Waals surface area contributed by atoms with Gasteiger partial charge in [-0.25, -0.2) is 9.59 Å². The van der Waals surface area contributed by atoms with Crippen molar-refractivity contribution >= 4 is 18.0 Å². The lowest BCUT2D eigenvalue weighted by molar-refractivity contribution is -0.141. The number of carbonyl (C=O) groups excluding carboxylic acids is 2. The van der Waals surface area contributed by atoms with Crippen LogP contribution in [0.2, 0.25) is 0 Å². The van der Waals surface area contributed by atoms with Gasteiger partial charge in [0.2, 0.25) is 5.91 Å². The number of hydrogen-bond donors (Lipinski definition) is 3. The third-order valence-corrected chi connectivity index (χ3v) is 6.21. The van der Waals surface area contributed by atoms with Crippen molar-refractivity contribution in [1.82, 2.24) is 10.6 Å². The zero-order valence-corrected chi connectivity index (χ0v) is 18.3. The zero-order chi connectivity index (χ0) is 23.4. The van der Waals surface area contributed by atoms with Crippen LogP contribution < -0.4 is 10.6 Å². The van der Waals surface area contributed by atoms with E-state index in [0.29, 0.717) is 13.0 Å². The summed E-state index contributed by atoms with van der Waals surface area (Å²) in [5, 5.41) is 14.5. The summed E-state index contributed by atoms with van der Waals surface area (Å²) in [5.41, 5.74) is 4.62. The maximum Gasteiger partial charge on any atom is 0.407 e. The average molecular weight is 447 g/mol. The van der Waals surface area contributed by atoms with Crippen molar-refractivity contribution in [3.8, 4) is 23.0 Å². The number of rotatable bonds is 8. The molecule has 0 bridgehead atoms. The molecule has 0 spiro atoms. The molecule has 33 heavy (non-hydrogen) atoms. The molecule has 2 aliphatic rings. The van der Waals surface area contributed by atoms with Crippen LogP contribution in [0.25, 0.3) is 11.1 Å². The van der Waals surface area contributed by atoms with Crippen molar-refractivity contribution in [2.75, 3.05) is 13.2 Å². The van der Waals surface area contributed by atoms with Gasteiger partial charge in [-0.05, 0) is 41.5 Å². The van der Waals surface area contributed by atoms with E-state index in [9.17, 15) is 19.5 Å². The summed E-state index contributed by atoms with van der Waals surface area (Å²) >= 11 is 0. The molecule has 3 atom stereocenters. The van der Waals surface area contributed by atoms with Crippen molar-refractivity contribution in [1.29, 1.82) is 0 Å². The van der Waals surface area contributed by atoms with Gasteiger partial charge in [0.15, 0.2) is 0 Å². The van der Waals surface area contributed by atoms with Crippen LogP contribution in [-0.2, 0) is 14.3 Å². The summed E-state index contributed by atoms with van der Waals surface area (Å²) in [5.74, 6) is 3.52. The molecule has 7 heteroatoms. The molecule has 170 valence electrons. The summed E-state index contributed by atoms with van der Waals surface area (Å²) in [6.45, 7) is 2.15. The number of carbonyl (C=O) groups is 3. The second-order valence-corrected chi connectivity index (χ2v) is 8.34. The van der Waals surface area contributed by atoms with Crippen LogP contribution in [0.15, 0.2) is 48.5 Å². The number of carboxylic acid groups (broad SMARTS) is 1. The maximum absolute atomic E-state index is 12.3. The Labute approximate surface area is 192 Å². The highest BCUT2D eigenvalue weighted by Crippen LogP contribution is 2.44. The van der Waals surface area contributed by atoms with E-state index in [4.69, 9.17) is 4.74 Å². The molecule has 2 aromatic rings. The summed E-state index contributed by atoms with van der Waals surface area (Å²) in [6.07, 6.45) is 0.137. The number of carboxylic acids is 1. The van der Waals surface area contributed by atoms with Crippen LogP contribution in [0.4, 0.5) is 4.79 Å². The Kier molecular flexibility index (Phi) is 6.64. The quantitative estimate of drug-likeness (QED) is 0.541. The second-order valence-electron chi connectivity index (χ2n) is 8.34. The third kappa shape index (κ3) is 5.01. The maximum atomic E-state index is 12.3. The van der Waals surface area contributed by atoms with Crippen LogP contribution in [0.5, 0.6) is 0 Å². The van der Waals surface area contributed by atoms with Crippen molar-refractivity contribution < 1.29 is 24.2 Å². The Morgan fingerprint density at radius 1 is 1.09 bits per heavy atom. The zero-order valence-electron chi connectivity index (χ0n) is 18.3.